The maximum absolute atomic E-state index is 6.72. The van der Waals surface area contributed by atoms with Crippen LogP contribution < -0.4 is 10.2 Å². The highest BCUT2D eigenvalue weighted by Crippen LogP contribution is 2.32. The van der Waals surface area contributed by atoms with E-state index in [4.69, 9.17) is 21.3 Å². The molecule has 0 amide bonds. The molecule has 0 radical (unpaired) electrons. The zero-order valence-corrected chi connectivity index (χ0v) is 17.9. The van der Waals surface area contributed by atoms with Gasteiger partial charge in [0.25, 0.3) is 0 Å². The fraction of sp³-hybridized carbons (Fsp3) is 0.174. The number of H-pyrrole nitrogens is 1. The molecule has 3 aromatic heterocycles. The minimum Gasteiger partial charge on any atom is -0.378 e. The quantitative estimate of drug-likeness (QED) is 0.423. The van der Waals surface area contributed by atoms with Crippen molar-refractivity contribution in [2.45, 2.75) is 0 Å². The van der Waals surface area contributed by atoms with Crippen LogP contribution >= 0.6 is 11.6 Å². The number of rotatable bonds is 4. The summed E-state index contributed by atoms with van der Waals surface area (Å²) in [7, 11) is 0. The van der Waals surface area contributed by atoms with Gasteiger partial charge in [-0.1, -0.05) is 23.7 Å². The number of anilines is 3. The average Bonchev–Trinajstić information content (AvgIpc) is 3.52. The van der Waals surface area contributed by atoms with Crippen LogP contribution in [0.25, 0.3) is 27.8 Å². The van der Waals surface area contributed by atoms with Crippen LogP contribution in [0.3, 0.4) is 0 Å². The molecule has 2 N–H and O–H groups in total. The van der Waals surface area contributed by atoms with Crippen molar-refractivity contribution in [2.75, 3.05) is 36.5 Å². The van der Waals surface area contributed by atoms with Crippen molar-refractivity contribution in [3.8, 4) is 11.3 Å². The topological polar surface area (TPSA) is 83.4 Å². The van der Waals surface area contributed by atoms with Crippen molar-refractivity contribution in [3.63, 3.8) is 0 Å². The molecule has 5 aromatic rings. The Hall–Kier alpha value is -3.62. The summed E-state index contributed by atoms with van der Waals surface area (Å²) in [5.41, 5.74) is 5.27. The Morgan fingerprint density at radius 1 is 1.06 bits per heavy atom. The van der Waals surface area contributed by atoms with Crippen LogP contribution in [0.5, 0.6) is 0 Å². The molecule has 0 atom stereocenters. The van der Waals surface area contributed by atoms with Gasteiger partial charge < -0.3 is 15.0 Å². The van der Waals surface area contributed by atoms with Crippen LogP contribution in [0.4, 0.5) is 17.2 Å². The fourth-order valence-electron chi connectivity index (χ4n) is 4.02. The first-order valence-electron chi connectivity index (χ1n) is 10.4. The summed E-state index contributed by atoms with van der Waals surface area (Å²) in [5, 5.41) is 12.1. The molecular formula is C23H20ClN7O. The first kappa shape index (κ1) is 19.1. The number of hydrogen-bond donors (Lipinski definition) is 2. The van der Waals surface area contributed by atoms with E-state index in [0.717, 1.165) is 48.5 Å². The molecule has 1 aliphatic heterocycles. The number of halogens is 1. The maximum Gasteiger partial charge on any atom is 0.181 e. The highest BCUT2D eigenvalue weighted by Gasteiger charge is 2.16. The summed E-state index contributed by atoms with van der Waals surface area (Å²) in [5.74, 6) is 0.637. The second kappa shape index (κ2) is 7.81. The van der Waals surface area contributed by atoms with Gasteiger partial charge in [-0.2, -0.15) is 5.10 Å². The van der Waals surface area contributed by atoms with Crippen LogP contribution in [0.2, 0.25) is 5.15 Å². The highest BCUT2D eigenvalue weighted by atomic mass is 35.5. The number of imidazole rings is 1. The predicted octanol–water partition coefficient (Wildman–Crippen LogP) is 4.51. The van der Waals surface area contributed by atoms with Gasteiger partial charge in [-0.05, 0) is 30.3 Å². The average molecular weight is 446 g/mol. The Balaban J connectivity index is 1.37. The van der Waals surface area contributed by atoms with Gasteiger partial charge in [-0.15, -0.1) is 0 Å². The summed E-state index contributed by atoms with van der Waals surface area (Å²) < 4.78 is 7.28. The smallest absolute Gasteiger partial charge is 0.181 e. The maximum atomic E-state index is 6.72. The Bertz CT molecular complexity index is 1400. The van der Waals surface area contributed by atoms with Gasteiger partial charge in [-0.25, -0.2) is 9.97 Å². The molecule has 2 aromatic carbocycles. The third-order valence-electron chi connectivity index (χ3n) is 5.70. The lowest BCUT2D eigenvalue weighted by Crippen LogP contribution is -2.36. The molecule has 32 heavy (non-hydrogen) atoms. The Morgan fingerprint density at radius 3 is 2.75 bits per heavy atom. The van der Waals surface area contributed by atoms with Crippen LogP contribution in [-0.4, -0.2) is 50.9 Å². The van der Waals surface area contributed by atoms with Crippen molar-refractivity contribution in [2.24, 2.45) is 0 Å². The zero-order chi connectivity index (χ0) is 21.5. The monoisotopic (exact) mass is 445 g/mol. The molecule has 0 spiro atoms. The number of morpholine rings is 1. The molecule has 1 fully saturated rings. The van der Waals surface area contributed by atoms with E-state index in [1.165, 1.54) is 5.69 Å². The van der Waals surface area contributed by atoms with Crippen molar-refractivity contribution >= 4 is 45.3 Å². The number of benzene rings is 2. The van der Waals surface area contributed by atoms with Crippen LogP contribution in [0.1, 0.15) is 0 Å². The highest BCUT2D eigenvalue weighted by molar-refractivity contribution is 6.32. The van der Waals surface area contributed by atoms with Gasteiger partial charge in [0.05, 0.1) is 24.9 Å². The fourth-order valence-corrected chi connectivity index (χ4v) is 4.31. The second-order valence-electron chi connectivity index (χ2n) is 7.66. The van der Waals surface area contributed by atoms with Crippen molar-refractivity contribution in [1.29, 1.82) is 0 Å². The van der Waals surface area contributed by atoms with E-state index < -0.39 is 0 Å². The molecule has 6 rings (SSSR count). The van der Waals surface area contributed by atoms with Crippen molar-refractivity contribution in [1.82, 2.24) is 24.6 Å². The molecule has 0 bridgehead atoms. The van der Waals surface area contributed by atoms with E-state index in [2.05, 4.69) is 49.7 Å². The van der Waals surface area contributed by atoms with Gasteiger partial charge in [0.2, 0.25) is 0 Å². The summed E-state index contributed by atoms with van der Waals surface area (Å²) in [4.78, 5) is 11.6. The van der Waals surface area contributed by atoms with Crippen molar-refractivity contribution < 1.29 is 4.74 Å². The summed E-state index contributed by atoms with van der Waals surface area (Å²) >= 11 is 6.72. The Kier molecular flexibility index (Phi) is 4.66. The van der Waals surface area contributed by atoms with Gasteiger partial charge in [-0.3, -0.25) is 9.50 Å². The van der Waals surface area contributed by atoms with E-state index in [9.17, 15) is 0 Å². The number of aromatic amines is 1. The number of hydrogen-bond acceptors (Lipinski definition) is 6. The minimum absolute atomic E-state index is 0.504. The summed E-state index contributed by atoms with van der Waals surface area (Å²) in [6.07, 6.45) is 5.35. The SMILES string of the molecule is Clc1c(-c2ccc3cn[nH]c3c2)nc(Nc2ccc(N3CCOCC3)cc2)c2nccn12. The van der Waals surface area contributed by atoms with Gasteiger partial charge in [0, 0.05) is 47.8 Å². The number of aromatic nitrogens is 5. The molecule has 4 heterocycles. The first-order chi connectivity index (χ1) is 15.8. The van der Waals surface area contributed by atoms with Gasteiger partial charge in [0.15, 0.2) is 11.5 Å². The van der Waals surface area contributed by atoms with Gasteiger partial charge >= 0.3 is 0 Å². The normalized spacial score (nSPS) is 14.3. The molecular weight excluding hydrogens is 426 g/mol. The largest absolute Gasteiger partial charge is 0.378 e. The van der Waals surface area contributed by atoms with Crippen molar-refractivity contribution in [3.05, 3.63) is 66.2 Å². The standard InChI is InChI=1S/C23H20ClN7O/c24-21-20(15-1-2-16-14-26-29-19(16)13-15)28-22(23-25-7-8-31(21)23)27-17-3-5-18(6-4-17)30-9-11-32-12-10-30/h1-8,13-14H,9-12H2,(H,26,29)(H,27,28). The first-order valence-corrected chi connectivity index (χ1v) is 10.8. The lowest BCUT2D eigenvalue weighted by molar-refractivity contribution is 0.122. The lowest BCUT2D eigenvalue weighted by Gasteiger charge is -2.28. The predicted molar refractivity (Wildman–Crippen MR) is 126 cm³/mol. The summed E-state index contributed by atoms with van der Waals surface area (Å²) in [6, 6.07) is 14.3. The van der Waals surface area contributed by atoms with Crippen LogP contribution in [0, 0.1) is 0 Å². The van der Waals surface area contributed by atoms with Crippen LogP contribution in [0.15, 0.2) is 61.1 Å². The molecule has 1 saturated heterocycles. The summed E-state index contributed by atoms with van der Waals surface area (Å²) in [6.45, 7) is 3.34. The molecule has 160 valence electrons. The number of fused-ring (bicyclic) bond motifs is 2. The molecule has 0 saturated carbocycles. The Labute approximate surface area is 188 Å². The third-order valence-corrected chi connectivity index (χ3v) is 6.07. The van der Waals surface area contributed by atoms with E-state index >= 15 is 0 Å². The number of nitrogens with zero attached hydrogens (tertiary/aromatic N) is 5. The van der Waals surface area contributed by atoms with E-state index in [1.807, 2.05) is 28.8 Å². The van der Waals surface area contributed by atoms with E-state index in [0.29, 0.717) is 22.3 Å². The molecule has 1 aliphatic rings. The molecule has 0 aliphatic carbocycles. The van der Waals surface area contributed by atoms with E-state index in [1.54, 1.807) is 12.4 Å². The molecule has 9 heteroatoms. The molecule has 0 unspecified atom stereocenters. The molecule has 8 nitrogen and oxygen atoms in total. The number of ether oxygens (including phenoxy) is 1. The number of nitrogens with one attached hydrogen (secondary N) is 2. The zero-order valence-electron chi connectivity index (χ0n) is 17.1. The second-order valence-corrected chi connectivity index (χ2v) is 8.02. The minimum atomic E-state index is 0.504. The van der Waals surface area contributed by atoms with E-state index in [-0.39, 0.29) is 0 Å². The Morgan fingerprint density at radius 2 is 1.91 bits per heavy atom. The third kappa shape index (κ3) is 3.34. The van der Waals surface area contributed by atoms with Gasteiger partial charge in [0.1, 0.15) is 10.8 Å². The van der Waals surface area contributed by atoms with Crippen LogP contribution in [-0.2, 0) is 4.74 Å². The lowest BCUT2D eigenvalue weighted by atomic mass is 10.1.